The molecule has 4 aliphatic rings. The molecule has 12 nitrogen and oxygen atoms in total. The number of hydrogen-bond acceptors (Lipinski definition) is 10. The van der Waals surface area contributed by atoms with E-state index < -0.39 is 79.2 Å². The first-order valence-corrected chi connectivity index (χ1v) is 14.2. The highest BCUT2D eigenvalue weighted by Gasteiger charge is 2.59. The fraction of sp³-hybridized carbons (Fsp3) is 0.480. The average Bonchev–Trinajstić information content (AvgIpc) is 2.84. The van der Waals surface area contributed by atoms with Gasteiger partial charge in [0.25, 0.3) is 5.91 Å². The molecule has 14 heteroatoms. The third-order valence-corrected chi connectivity index (χ3v) is 9.57. The predicted molar refractivity (Wildman–Crippen MR) is 132 cm³/mol. The van der Waals surface area contributed by atoms with E-state index in [9.17, 15) is 43.2 Å². The number of fused-ring (bicyclic) bond motifs is 3. The van der Waals surface area contributed by atoms with E-state index in [4.69, 9.17) is 5.73 Å². The number of aliphatic hydroxyl groups excluding tert-OH is 2. The van der Waals surface area contributed by atoms with E-state index in [1.165, 1.54) is 4.31 Å². The molecule has 1 unspecified atom stereocenters. The number of rotatable bonds is 4. The van der Waals surface area contributed by atoms with E-state index in [2.05, 4.69) is 0 Å². The summed E-state index contributed by atoms with van der Waals surface area (Å²) >= 11 is 0. The van der Waals surface area contributed by atoms with Gasteiger partial charge in [-0.15, -0.1) is 0 Å². The number of carbonyl (C=O) groups excluding carboxylic acids is 3. The molecule has 210 valence electrons. The van der Waals surface area contributed by atoms with Crippen LogP contribution in [0.1, 0.15) is 34.3 Å². The van der Waals surface area contributed by atoms with E-state index in [0.29, 0.717) is 13.1 Å². The molecule has 0 aromatic heterocycles. The van der Waals surface area contributed by atoms with Crippen molar-refractivity contribution in [2.75, 3.05) is 32.4 Å². The summed E-state index contributed by atoms with van der Waals surface area (Å²) in [6.45, 7) is 1.19. The number of halogens is 1. The van der Waals surface area contributed by atoms with Crippen LogP contribution in [0, 0.1) is 17.7 Å². The van der Waals surface area contributed by atoms with Gasteiger partial charge in [-0.3, -0.25) is 19.3 Å². The smallest absolute Gasteiger partial charge is 0.255 e. The van der Waals surface area contributed by atoms with Gasteiger partial charge in [0.1, 0.15) is 28.7 Å². The number of phenolic OH excluding ortho intramolecular Hbond substituents is 1. The van der Waals surface area contributed by atoms with Crippen molar-refractivity contribution >= 4 is 27.5 Å². The number of Topliss-reactive ketones (excluding diaryl/α,β-unsaturated/α-hetero) is 2. The Kier molecular flexibility index (Phi) is 6.37. The SMILES string of the molecule is CS(=O)(=O)N1CCN(Cc2cc(O)c3c(c2F)CC2C[C@H]4CC(O)=C(C(N)=O)C(=O)[C@@]4(O)C(O)=C2C3=O)CC1. The number of piperazine rings is 1. The zero-order valence-electron chi connectivity index (χ0n) is 21.0. The topological polar surface area (TPSA) is 199 Å². The lowest BCUT2D eigenvalue weighted by Crippen LogP contribution is -2.57. The van der Waals surface area contributed by atoms with Crippen molar-refractivity contribution in [2.24, 2.45) is 17.6 Å². The van der Waals surface area contributed by atoms with E-state index in [1.54, 1.807) is 0 Å². The number of sulfonamides is 1. The molecule has 5 rings (SSSR count). The highest BCUT2D eigenvalue weighted by atomic mass is 32.2. The number of benzene rings is 1. The summed E-state index contributed by atoms with van der Waals surface area (Å²) in [5.74, 6) is -8.43. The van der Waals surface area contributed by atoms with Crippen molar-refractivity contribution in [3.05, 3.63) is 51.2 Å². The summed E-state index contributed by atoms with van der Waals surface area (Å²) in [6.07, 6.45) is 0.512. The molecule has 3 atom stereocenters. The van der Waals surface area contributed by atoms with Crippen molar-refractivity contribution in [2.45, 2.75) is 31.4 Å². The Labute approximate surface area is 222 Å². The van der Waals surface area contributed by atoms with Crippen molar-refractivity contribution < 1.29 is 47.6 Å². The van der Waals surface area contributed by atoms with Crippen LogP contribution >= 0.6 is 0 Å². The van der Waals surface area contributed by atoms with Crippen molar-refractivity contribution in [3.8, 4) is 5.75 Å². The monoisotopic (exact) mass is 565 g/mol. The molecular formula is C25H28FN3O9S. The summed E-state index contributed by atoms with van der Waals surface area (Å²) in [5.41, 5.74) is 0.913. The van der Waals surface area contributed by atoms with Crippen molar-refractivity contribution in [3.63, 3.8) is 0 Å². The molecule has 1 aliphatic heterocycles. The molecule has 1 aromatic rings. The second-order valence-electron chi connectivity index (χ2n) is 10.6. The first-order valence-electron chi connectivity index (χ1n) is 12.3. The first-order chi connectivity index (χ1) is 18.2. The van der Waals surface area contributed by atoms with E-state index in [1.807, 2.05) is 4.90 Å². The quantitative estimate of drug-likeness (QED) is 0.305. The van der Waals surface area contributed by atoms with Gasteiger partial charge in [0.05, 0.1) is 11.8 Å². The van der Waals surface area contributed by atoms with Crippen LogP contribution in [0.3, 0.4) is 0 Å². The Morgan fingerprint density at radius 2 is 1.79 bits per heavy atom. The number of aliphatic hydroxyl groups is 3. The van der Waals surface area contributed by atoms with Crippen LogP contribution in [0.4, 0.5) is 4.39 Å². The number of allylic oxidation sites excluding steroid dienone is 2. The van der Waals surface area contributed by atoms with Gasteiger partial charge < -0.3 is 26.2 Å². The van der Waals surface area contributed by atoms with E-state index in [0.717, 1.165) is 12.3 Å². The molecule has 1 aromatic carbocycles. The maximum Gasteiger partial charge on any atom is 0.255 e. The number of primary amides is 1. The normalized spacial score (nSPS) is 28.3. The minimum Gasteiger partial charge on any atom is -0.511 e. The molecule has 0 saturated carbocycles. The van der Waals surface area contributed by atoms with Gasteiger partial charge in [0, 0.05) is 61.8 Å². The molecule has 1 saturated heterocycles. The molecule has 1 heterocycles. The average molecular weight is 566 g/mol. The Morgan fingerprint density at radius 3 is 2.38 bits per heavy atom. The lowest BCUT2D eigenvalue weighted by Gasteiger charge is -2.45. The molecule has 0 radical (unpaired) electrons. The minimum atomic E-state index is -3.35. The first kappa shape index (κ1) is 27.2. The third kappa shape index (κ3) is 4.13. The molecular weight excluding hydrogens is 537 g/mol. The van der Waals surface area contributed by atoms with Crippen LogP contribution < -0.4 is 5.73 Å². The van der Waals surface area contributed by atoms with E-state index in [-0.39, 0.29) is 55.6 Å². The fourth-order valence-electron chi connectivity index (χ4n) is 6.30. The molecule has 1 fully saturated rings. The number of nitrogens with two attached hydrogens (primary N) is 1. The summed E-state index contributed by atoms with van der Waals surface area (Å²) in [4.78, 5) is 40.0. The summed E-state index contributed by atoms with van der Waals surface area (Å²) in [5, 5.41) is 43.3. The lowest BCUT2D eigenvalue weighted by atomic mass is 9.60. The van der Waals surface area contributed by atoms with Crippen molar-refractivity contribution in [1.29, 1.82) is 0 Å². The summed E-state index contributed by atoms with van der Waals surface area (Å²) < 4.78 is 40.6. The van der Waals surface area contributed by atoms with Crippen LogP contribution in [0.2, 0.25) is 0 Å². The number of aromatic hydroxyl groups is 1. The van der Waals surface area contributed by atoms with Crippen molar-refractivity contribution in [1.82, 2.24) is 9.21 Å². The second kappa shape index (κ2) is 9.11. The van der Waals surface area contributed by atoms with Gasteiger partial charge in [0.15, 0.2) is 11.4 Å². The molecule has 0 bridgehead atoms. The number of hydrogen-bond donors (Lipinski definition) is 5. The van der Waals surface area contributed by atoms with Gasteiger partial charge >= 0.3 is 0 Å². The molecule has 1 amide bonds. The van der Waals surface area contributed by atoms with Gasteiger partial charge in [-0.1, -0.05) is 0 Å². The number of amides is 1. The second-order valence-corrected chi connectivity index (χ2v) is 12.6. The Bertz CT molecular complexity index is 1490. The van der Waals surface area contributed by atoms with E-state index >= 15 is 4.39 Å². The van der Waals surface area contributed by atoms with Crippen LogP contribution in [0.25, 0.3) is 0 Å². The van der Waals surface area contributed by atoms with Crippen LogP contribution in [0.15, 0.2) is 28.7 Å². The molecule has 6 N–H and O–H groups in total. The number of nitrogens with zero attached hydrogens (tertiary/aromatic N) is 2. The Hall–Kier alpha value is -3.33. The van der Waals surface area contributed by atoms with Gasteiger partial charge in [-0.2, -0.15) is 4.31 Å². The zero-order valence-corrected chi connectivity index (χ0v) is 21.8. The lowest BCUT2D eigenvalue weighted by molar-refractivity contribution is -0.144. The maximum atomic E-state index is 15.8. The number of phenols is 1. The van der Waals surface area contributed by atoms with Crippen LogP contribution in [0.5, 0.6) is 5.75 Å². The standard InChI is InChI=1S/C25H28FN3O9S/c1-39(37,38)29-4-2-28(3-5-29)10-12-8-15(30)18-14(20(12)26)7-11-6-13-9-16(31)19(24(27)35)23(34)25(13,36)22(33)17(11)21(18)32/h8,11,13,30-31,33,36H,2-7,9-10H2,1H3,(H2,27,35)/t11?,13-,25-/m0/s1. The highest BCUT2D eigenvalue weighted by molar-refractivity contribution is 7.88. The molecule has 3 aliphatic carbocycles. The molecule has 39 heavy (non-hydrogen) atoms. The predicted octanol–water partition coefficient (Wildman–Crippen LogP) is -0.203. The Balaban J connectivity index is 1.49. The summed E-state index contributed by atoms with van der Waals surface area (Å²) in [6, 6.07) is 1.10. The molecule has 0 spiro atoms. The maximum absolute atomic E-state index is 15.8. The largest absolute Gasteiger partial charge is 0.511 e. The Morgan fingerprint density at radius 1 is 1.15 bits per heavy atom. The minimum absolute atomic E-state index is 0.0581. The third-order valence-electron chi connectivity index (χ3n) is 8.26. The zero-order chi connectivity index (χ0) is 28.6. The number of ketones is 2. The number of carbonyl (C=O) groups is 3. The highest BCUT2D eigenvalue weighted by Crippen LogP contribution is 2.51. The van der Waals surface area contributed by atoms with Crippen LogP contribution in [-0.2, 0) is 32.6 Å². The fourth-order valence-corrected chi connectivity index (χ4v) is 7.12. The van der Waals surface area contributed by atoms with Gasteiger partial charge in [-0.05, 0) is 24.8 Å². The van der Waals surface area contributed by atoms with Crippen LogP contribution in [-0.4, -0.2) is 93.6 Å². The van der Waals surface area contributed by atoms with Gasteiger partial charge in [0.2, 0.25) is 15.8 Å². The van der Waals surface area contributed by atoms with Gasteiger partial charge in [-0.25, -0.2) is 12.8 Å². The summed E-state index contributed by atoms with van der Waals surface area (Å²) in [7, 11) is -3.35.